The third-order valence-corrected chi connectivity index (χ3v) is 8.21. The summed E-state index contributed by atoms with van der Waals surface area (Å²) in [4.78, 5) is 30.1. The summed E-state index contributed by atoms with van der Waals surface area (Å²) >= 11 is 0. The Morgan fingerprint density at radius 2 is 1.87 bits per heavy atom. The molecule has 0 spiro atoms. The van der Waals surface area contributed by atoms with Crippen LogP contribution in [-0.2, 0) is 20.8 Å². The van der Waals surface area contributed by atoms with Gasteiger partial charge in [0, 0.05) is 6.42 Å². The highest BCUT2D eigenvalue weighted by molar-refractivity contribution is 6.90. The quantitative estimate of drug-likeness (QED) is 0.280. The third-order valence-electron chi connectivity index (χ3n) is 5.05. The van der Waals surface area contributed by atoms with E-state index < -0.39 is 31.7 Å². The predicted molar refractivity (Wildman–Crippen MR) is 128 cm³/mol. The van der Waals surface area contributed by atoms with Crippen molar-refractivity contribution >= 4 is 36.0 Å². The average Bonchev–Trinajstić information content (AvgIpc) is 2.70. The van der Waals surface area contributed by atoms with Crippen LogP contribution < -0.4 is 16.0 Å². The highest BCUT2D eigenvalue weighted by Crippen LogP contribution is 2.22. The fourth-order valence-corrected chi connectivity index (χ4v) is 5.44. The Hall–Kier alpha value is -2.64. The molecule has 2 N–H and O–H groups in total. The molecule has 0 aliphatic carbocycles. The zero-order chi connectivity index (χ0) is 23.2. The number of ether oxygens (including phenoxy) is 1. The van der Waals surface area contributed by atoms with Crippen molar-refractivity contribution in [3.63, 3.8) is 0 Å². The first kappa shape index (κ1) is 24.6. The van der Waals surface area contributed by atoms with Crippen LogP contribution in [0.2, 0.25) is 19.1 Å². The molecule has 1 unspecified atom stereocenters. The molecule has 31 heavy (non-hydrogen) atoms. The minimum Gasteiger partial charge on any atom is -0.467 e. The molecule has 0 aromatic heterocycles. The number of fused-ring (bicyclic) bond motifs is 1. The Morgan fingerprint density at radius 3 is 2.48 bits per heavy atom. The molecular formula is C24H34N2O4Si. The first-order valence-electron chi connectivity index (χ1n) is 10.4. The fraction of sp³-hybridized carbons (Fsp3) is 0.417. The van der Waals surface area contributed by atoms with Gasteiger partial charge in [-0.05, 0) is 43.2 Å². The molecule has 2 rings (SSSR count). The molecule has 0 saturated carbocycles. The minimum absolute atomic E-state index is 0.308. The van der Waals surface area contributed by atoms with Crippen LogP contribution in [0.1, 0.15) is 26.3 Å². The van der Waals surface area contributed by atoms with E-state index in [1.54, 1.807) is 0 Å². The molecule has 2 aromatic rings. The smallest absolute Gasteiger partial charge is 0.339 e. The maximum Gasteiger partial charge on any atom is 0.339 e. The number of hydrogen-bond acceptors (Lipinski definition) is 4. The highest BCUT2D eigenvalue weighted by atomic mass is 28.3. The summed E-state index contributed by atoms with van der Waals surface area (Å²) in [5.41, 5.74) is 2.78. The molecule has 0 radical (unpaired) electrons. The number of nitrogens with one attached hydrogen (secondary N) is 2. The van der Waals surface area contributed by atoms with Crippen LogP contribution in [0.25, 0.3) is 10.8 Å². The molecule has 0 aliphatic heterocycles. The summed E-state index contributed by atoms with van der Waals surface area (Å²) < 4.78 is 4.95. The lowest BCUT2D eigenvalue weighted by atomic mass is 9.98. The van der Waals surface area contributed by atoms with Crippen molar-refractivity contribution < 1.29 is 19.2 Å². The monoisotopic (exact) mass is 442 g/mol. The van der Waals surface area contributed by atoms with E-state index in [2.05, 4.69) is 48.7 Å². The summed E-state index contributed by atoms with van der Waals surface area (Å²) in [6, 6.07) is 12.0. The van der Waals surface area contributed by atoms with Crippen molar-refractivity contribution in [1.82, 2.24) is 10.8 Å². The van der Waals surface area contributed by atoms with Crippen molar-refractivity contribution in [3.05, 3.63) is 54.6 Å². The van der Waals surface area contributed by atoms with Gasteiger partial charge in [-0.15, -0.1) is 6.58 Å². The van der Waals surface area contributed by atoms with E-state index in [-0.39, 0.29) is 0 Å². The zero-order valence-electron chi connectivity index (χ0n) is 19.4. The van der Waals surface area contributed by atoms with Crippen molar-refractivity contribution in [2.24, 2.45) is 0 Å². The SMILES string of the molecule is C=CC[Si](C)(C)c1cc(CC(NC(=O)NOC(C)(C)C)C(=O)OC)c2ccccc2c1. The van der Waals surface area contributed by atoms with Gasteiger partial charge in [0.2, 0.25) is 0 Å². The molecule has 7 heteroatoms. The summed E-state index contributed by atoms with van der Waals surface area (Å²) in [5, 5.41) is 6.13. The lowest BCUT2D eigenvalue weighted by Crippen LogP contribution is -2.49. The Labute approximate surface area is 186 Å². The van der Waals surface area contributed by atoms with Crippen molar-refractivity contribution in [2.75, 3.05) is 7.11 Å². The number of urea groups is 1. The topological polar surface area (TPSA) is 76.7 Å². The first-order chi connectivity index (χ1) is 14.5. The lowest BCUT2D eigenvalue weighted by molar-refractivity contribution is -0.142. The molecule has 0 bridgehead atoms. The second-order valence-electron chi connectivity index (χ2n) is 9.30. The van der Waals surface area contributed by atoms with Crippen LogP contribution in [0, 0.1) is 0 Å². The molecule has 6 nitrogen and oxygen atoms in total. The lowest BCUT2D eigenvalue weighted by Gasteiger charge is -2.25. The van der Waals surface area contributed by atoms with Crippen LogP contribution in [0.3, 0.4) is 0 Å². The van der Waals surface area contributed by atoms with E-state index in [1.165, 1.54) is 12.3 Å². The van der Waals surface area contributed by atoms with Crippen LogP contribution in [0.5, 0.6) is 0 Å². The van der Waals surface area contributed by atoms with Crippen molar-refractivity contribution in [3.8, 4) is 0 Å². The number of benzene rings is 2. The summed E-state index contributed by atoms with van der Waals surface area (Å²) in [7, 11) is -0.419. The first-order valence-corrected chi connectivity index (χ1v) is 13.6. The molecule has 0 heterocycles. The molecule has 2 aromatic carbocycles. The summed E-state index contributed by atoms with van der Waals surface area (Å²) in [6.07, 6.45) is 2.28. The minimum atomic E-state index is -1.73. The van der Waals surface area contributed by atoms with Gasteiger partial charge in [0.15, 0.2) is 0 Å². The number of hydrogen-bond donors (Lipinski definition) is 2. The average molecular weight is 443 g/mol. The van der Waals surface area contributed by atoms with E-state index in [1.807, 2.05) is 45.0 Å². The fourth-order valence-electron chi connectivity index (χ4n) is 3.37. The summed E-state index contributed by atoms with van der Waals surface area (Å²) in [6.45, 7) is 14.0. The van der Waals surface area contributed by atoms with Gasteiger partial charge in [0.25, 0.3) is 0 Å². The molecular weight excluding hydrogens is 408 g/mol. The van der Waals surface area contributed by atoms with Gasteiger partial charge in [-0.3, -0.25) is 4.84 Å². The van der Waals surface area contributed by atoms with Crippen LogP contribution in [0.15, 0.2) is 49.1 Å². The summed E-state index contributed by atoms with van der Waals surface area (Å²) in [5.74, 6) is -0.511. The van der Waals surface area contributed by atoms with Gasteiger partial charge in [0.05, 0.1) is 20.8 Å². The largest absolute Gasteiger partial charge is 0.467 e. The Balaban J connectivity index is 2.39. The molecule has 1 atom stereocenters. The normalized spacial score (nSPS) is 12.8. The molecule has 0 fully saturated rings. The van der Waals surface area contributed by atoms with E-state index in [9.17, 15) is 9.59 Å². The van der Waals surface area contributed by atoms with E-state index in [0.717, 1.165) is 22.4 Å². The maximum atomic E-state index is 12.5. The molecule has 2 amide bonds. The predicted octanol–water partition coefficient (Wildman–Crippen LogP) is 4.05. The number of esters is 1. The van der Waals surface area contributed by atoms with Gasteiger partial charge in [-0.2, -0.15) is 0 Å². The second-order valence-corrected chi connectivity index (χ2v) is 14.1. The number of carbonyl (C=O) groups excluding carboxylic acids is 2. The second kappa shape index (κ2) is 10.1. The number of allylic oxidation sites excluding steroid dienone is 1. The highest BCUT2D eigenvalue weighted by Gasteiger charge is 2.27. The van der Waals surface area contributed by atoms with E-state index in [0.29, 0.717) is 6.42 Å². The number of carbonyl (C=O) groups is 2. The van der Waals surface area contributed by atoms with Gasteiger partial charge >= 0.3 is 12.0 Å². The number of rotatable bonds is 8. The van der Waals surface area contributed by atoms with Crippen LogP contribution in [-0.4, -0.2) is 38.8 Å². The number of hydroxylamine groups is 1. The Morgan fingerprint density at radius 1 is 1.19 bits per heavy atom. The number of amides is 2. The van der Waals surface area contributed by atoms with Gasteiger partial charge < -0.3 is 10.1 Å². The van der Waals surface area contributed by atoms with Gasteiger partial charge in [-0.1, -0.05) is 60.8 Å². The van der Waals surface area contributed by atoms with E-state index in [4.69, 9.17) is 9.57 Å². The Bertz CT molecular complexity index is 950. The zero-order valence-corrected chi connectivity index (χ0v) is 20.4. The molecule has 0 saturated heterocycles. The van der Waals surface area contributed by atoms with E-state index >= 15 is 0 Å². The molecule has 168 valence electrons. The standard InChI is InChI=1S/C24H34N2O4Si/c1-8-13-31(6,7)19-14-17-11-9-10-12-20(17)18(15-19)16-21(22(27)29-5)25-23(28)26-30-24(2,3)4/h8-12,14-15,21H,1,13,16H2,2-7H3,(H2,25,26,28). The molecule has 0 aliphatic rings. The maximum absolute atomic E-state index is 12.5. The number of methoxy groups -OCH3 is 1. The van der Waals surface area contributed by atoms with Gasteiger partial charge in [-0.25, -0.2) is 15.1 Å². The van der Waals surface area contributed by atoms with Crippen LogP contribution >= 0.6 is 0 Å². The van der Waals surface area contributed by atoms with Crippen molar-refractivity contribution in [2.45, 2.75) is 58.0 Å². The Kier molecular flexibility index (Phi) is 8.03. The third kappa shape index (κ3) is 6.94. The van der Waals surface area contributed by atoms with Crippen LogP contribution in [0.4, 0.5) is 4.79 Å². The van der Waals surface area contributed by atoms with Crippen molar-refractivity contribution in [1.29, 1.82) is 0 Å². The van der Waals surface area contributed by atoms with Gasteiger partial charge in [0.1, 0.15) is 6.04 Å².